The molecule has 1 aromatic rings. The van der Waals surface area contributed by atoms with Crippen LogP contribution in [-0.2, 0) is 5.75 Å². The number of rotatable bonds is 5. The summed E-state index contributed by atoms with van der Waals surface area (Å²) in [5.74, 6) is 0.414. The van der Waals surface area contributed by atoms with Crippen LogP contribution >= 0.6 is 11.8 Å². The van der Waals surface area contributed by atoms with Gasteiger partial charge in [-0.25, -0.2) is 9.78 Å². The first-order valence-corrected chi connectivity index (χ1v) is 6.36. The highest BCUT2D eigenvalue weighted by Crippen LogP contribution is 2.22. The van der Waals surface area contributed by atoms with E-state index in [2.05, 4.69) is 25.8 Å². The molecule has 1 heterocycles. The number of nitrogens with zero attached hydrogens (tertiary/aromatic N) is 1. The average molecular weight is 239 g/mol. The van der Waals surface area contributed by atoms with Crippen LogP contribution < -0.4 is 0 Å². The molecule has 88 valence electrons. The molecular formula is C12H17NO2S. The number of carboxylic acid groups (broad SMARTS) is 1. The fraction of sp³-hybridized carbons (Fsp3) is 0.500. The lowest BCUT2D eigenvalue weighted by atomic mass is 10.2. The third-order valence-electron chi connectivity index (χ3n) is 2.46. The van der Waals surface area contributed by atoms with E-state index in [0.29, 0.717) is 11.2 Å². The lowest BCUT2D eigenvalue weighted by Crippen LogP contribution is -2.07. The molecule has 1 rings (SSSR count). The number of thioether (sulfide) groups is 1. The van der Waals surface area contributed by atoms with Gasteiger partial charge in [0.1, 0.15) is 5.69 Å². The van der Waals surface area contributed by atoms with E-state index in [1.807, 2.05) is 6.07 Å². The van der Waals surface area contributed by atoms with Crippen molar-refractivity contribution in [3.63, 3.8) is 0 Å². The van der Waals surface area contributed by atoms with Crippen molar-refractivity contribution < 1.29 is 9.90 Å². The second-order valence-electron chi connectivity index (χ2n) is 4.08. The molecule has 1 aromatic heterocycles. The van der Waals surface area contributed by atoms with Crippen molar-refractivity contribution in [2.45, 2.75) is 31.8 Å². The Kier molecular flexibility index (Phi) is 4.80. The third-order valence-corrected chi connectivity index (χ3v) is 3.99. The predicted octanol–water partition coefficient (Wildman–Crippen LogP) is 3.06. The van der Waals surface area contributed by atoms with Crippen LogP contribution in [0.4, 0.5) is 0 Å². The molecule has 0 aliphatic carbocycles. The molecule has 0 aliphatic rings. The Labute approximate surface area is 100 Å². The maximum atomic E-state index is 10.7. The van der Waals surface area contributed by atoms with Gasteiger partial charge in [0.2, 0.25) is 0 Å². The van der Waals surface area contributed by atoms with Gasteiger partial charge in [0.15, 0.2) is 0 Å². The molecule has 0 fully saturated rings. The van der Waals surface area contributed by atoms with Gasteiger partial charge in [0.25, 0.3) is 0 Å². The average Bonchev–Trinajstić information content (AvgIpc) is 2.26. The lowest BCUT2D eigenvalue weighted by Gasteiger charge is -2.14. The smallest absolute Gasteiger partial charge is 0.354 e. The summed E-state index contributed by atoms with van der Waals surface area (Å²) in [5.41, 5.74) is 0.952. The standard InChI is InChI=1S/C12H17NO2S/c1-8(2)9(3)16-7-10-5-4-6-11(13-10)12(14)15/h4-6,8-9H,7H2,1-3H3,(H,14,15). The SMILES string of the molecule is CC(C)C(C)SCc1cccc(C(=O)O)n1. The van der Waals surface area contributed by atoms with Gasteiger partial charge in [-0.15, -0.1) is 0 Å². The molecule has 0 spiro atoms. The van der Waals surface area contributed by atoms with E-state index in [-0.39, 0.29) is 5.69 Å². The highest BCUT2D eigenvalue weighted by molar-refractivity contribution is 7.99. The largest absolute Gasteiger partial charge is 0.477 e. The zero-order valence-corrected chi connectivity index (χ0v) is 10.6. The first-order valence-electron chi connectivity index (χ1n) is 5.31. The Bertz CT molecular complexity index is 366. The van der Waals surface area contributed by atoms with Gasteiger partial charge in [-0.2, -0.15) is 11.8 Å². The highest BCUT2D eigenvalue weighted by atomic mass is 32.2. The Hall–Kier alpha value is -1.03. The van der Waals surface area contributed by atoms with E-state index >= 15 is 0 Å². The second kappa shape index (κ2) is 5.89. The van der Waals surface area contributed by atoms with Crippen molar-refractivity contribution >= 4 is 17.7 Å². The first-order chi connectivity index (χ1) is 7.50. The number of hydrogen-bond acceptors (Lipinski definition) is 3. The van der Waals surface area contributed by atoms with Crippen LogP contribution in [0.5, 0.6) is 0 Å². The van der Waals surface area contributed by atoms with E-state index in [4.69, 9.17) is 5.11 Å². The number of carbonyl (C=O) groups is 1. The monoisotopic (exact) mass is 239 g/mol. The Morgan fingerprint density at radius 1 is 1.44 bits per heavy atom. The zero-order chi connectivity index (χ0) is 12.1. The molecule has 1 N–H and O–H groups in total. The van der Waals surface area contributed by atoms with Crippen LogP contribution in [0.25, 0.3) is 0 Å². The first kappa shape index (κ1) is 13.0. The number of aromatic nitrogens is 1. The van der Waals surface area contributed by atoms with Crippen LogP contribution in [-0.4, -0.2) is 21.3 Å². The Morgan fingerprint density at radius 2 is 2.12 bits per heavy atom. The van der Waals surface area contributed by atoms with E-state index in [0.717, 1.165) is 11.4 Å². The molecule has 0 saturated carbocycles. The van der Waals surface area contributed by atoms with E-state index in [1.54, 1.807) is 17.8 Å². The second-order valence-corrected chi connectivity index (χ2v) is 5.45. The zero-order valence-electron chi connectivity index (χ0n) is 9.80. The summed E-state index contributed by atoms with van der Waals surface area (Å²) >= 11 is 1.80. The van der Waals surface area contributed by atoms with Crippen molar-refractivity contribution in [1.82, 2.24) is 4.98 Å². The van der Waals surface area contributed by atoms with Crippen LogP contribution in [0, 0.1) is 5.92 Å². The van der Waals surface area contributed by atoms with Crippen LogP contribution in [0.1, 0.15) is 37.0 Å². The normalized spacial score (nSPS) is 12.8. The molecule has 0 bridgehead atoms. The molecule has 0 aliphatic heterocycles. The third kappa shape index (κ3) is 3.85. The molecule has 3 nitrogen and oxygen atoms in total. The van der Waals surface area contributed by atoms with E-state index in [1.165, 1.54) is 6.07 Å². The van der Waals surface area contributed by atoms with Gasteiger partial charge >= 0.3 is 5.97 Å². The molecular weight excluding hydrogens is 222 g/mol. The molecule has 1 atom stereocenters. The van der Waals surface area contributed by atoms with E-state index < -0.39 is 5.97 Å². The summed E-state index contributed by atoms with van der Waals surface area (Å²) < 4.78 is 0. The van der Waals surface area contributed by atoms with Crippen LogP contribution in [0.3, 0.4) is 0 Å². The van der Waals surface area contributed by atoms with Crippen molar-refractivity contribution in [2.24, 2.45) is 5.92 Å². The summed E-state index contributed by atoms with van der Waals surface area (Å²) in [7, 11) is 0. The number of hydrogen-bond donors (Lipinski definition) is 1. The van der Waals surface area contributed by atoms with Crippen molar-refractivity contribution in [3.05, 3.63) is 29.6 Å². The molecule has 0 saturated heterocycles. The quantitative estimate of drug-likeness (QED) is 0.858. The van der Waals surface area contributed by atoms with E-state index in [9.17, 15) is 4.79 Å². The topological polar surface area (TPSA) is 50.2 Å². The molecule has 0 radical (unpaired) electrons. The summed E-state index contributed by atoms with van der Waals surface area (Å²) in [6, 6.07) is 5.13. The molecule has 0 aromatic carbocycles. The Morgan fingerprint density at radius 3 is 2.69 bits per heavy atom. The fourth-order valence-electron chi connectivity index (χ4n) is 1.09. The van der Waals surface area contributed by atoms with Crippen LogP contribution in [0.15, 0.2) is 18.2 Å². The number of pyridine rings is 1. The molecule has 0 amide bonds. The summed E-state index contributed by atoms with van der Waals surface area (Å²) in [5, 5.41) is 9.36. The minimum atomic E-state index is -0.969. The number of aromatic carboxylic acids is 1. The van der Waals surface area contributed by atoms with Gasteiger partial charge in [-0.05, 0) is 18.1 Å². The van der Waals surface area contributed by atoms with Gasteiger partial charge in [0, 0.05) is 11.0 Å². The number of carboxylic acids is 1. The maximum Gasteiger partial charge on any atom is 0.354 e. The molecule has 1 unspecified atom stereocenters. The minimum absolute atomic E-state index is 0.121. The van der Waals surface area contributed by atoms with Crippen molar-refractivity contribution in [1.29, 1.82) is 0 Å². The van der Waals surface area contributed by atoms with Gasteiger partial charge in [-0.3, -0.25) is 0 Å². The summed E-state index contributed by atoms with van der Waals surface area (Å²) in [4.78, 5) is 14.8. The van der Waals surface area contributed by atoms with Gasteiger partial charge in [-0.1, -0.05) is 26.8 Å². The Balaban J connectivity index is 2.61. The fourth-order valence-corrected chi connectivity index (χ4v) is 2.07. The molecule has 16 heavy (non-hydrogen) atoms. The summed E-state index contributed by atoms with van der Waals surface area (Å²) in [6.07, 6.45) is 0. The van der Waals surface area contributed by atoms with Crippen LogP contribution in [0.2, 0.25) is 0 Å². The lowest BCUT2D eigenvalue weighted by molar-refractivity contribution is 0.0690. The predicted molar refractivity (Wildman–Crippen MR) is 66.8 cm³/mol. The molecule has 4 heteroatoms. The van der Waals surface area contributed by atoms with Gasteiger partial charge < -0.3 is 5.11 Å². The van der Waals surface area contributed by atoms with Gasteiger partial charge in [0.05, 0.1) is 5.69 Å². The van der Waals surface area contributed by atoms with Crippen molar-refractivity contribution in [2.75, 3.05) is 0 Å². The highest BCUT2D eigenvalue weighted by Gasteiger charge is 2.09. The summed E-state index contributed by atoms with van der Waals surface area (Å²) in [6.45, 7) is 6.54. The van der Waals surface area contributed by atoms with Crippen molar-refractivity contribution in [3.8, 4) is 0 Å². The minimum Gasteiger partial charge on any atom is -0.477 e. The maximum absolute atomic E-state index is 10.7.